The Balaban J connectivity index is 1.37. The maximum atomic E-state index is 13.4. The van der Waals surface area contributed by atoms with Gasteiger partial charge in [0.15, 0.2) is 0 Å². The van der Waals surface area contributed by atoms with Gasteiger partial charge in [0.2, 0.25) is 0 Å². The van der Waals surface area contributed by atoms with E-state index in [0.29, 0.717) is 35.8 Å². The number of aromatic nitrogens is 2. The maximum absolute atomic E-state index is 13.4. The van der Waals surface area contributed by atoms with E-state index in [1.807, 2.05) is 25.3 Å². The average Bonchev–Trinajstić information content (AvgIpc) is 2.91. The Labute approximate surface area is 221 Å². The second-order valence-corrected chi connectivity index (χ2v) is 10.2. The van der Waals surface area contributed by atoms with Gasteiger partial charge in [0.1, 0.15) is 0 Å². The number of aryl methyl sites for hydroxylation is 1. The van der Waals surface area contributed by atoms with E-state index in [0.717, 1.165) is 48.0 Å². The van der Waals surface area contributed by atoms with Crippen LogP contribution in [-0.2, 0) is 17.6 Å². The summed E-state index contributed by atoms with van der Waals surface area (Å²) in [5.41, 5.74) is 11.9. The van der Waals surface area contributed by atoms with E-state index in [2.05, 4.69) is 18.0 Å². The van der Waals surface area contributed by atoms with E-state index < -0.39 is 12.3 Å². The Bertz CT molecular complexity index is 1350. The highest BCUT2D eigenvalue weighted by Gasteiger charge is 2.32. The van der Waals surface area contributed by atoms with Crippen LogP contribution >= 0.6 is 11.6 Å². The van der Waals surface area contributed by atoms with Gasteiger partial charge in [0, 0.05) is 47.5 Å². The quantitative estimate of drug-likeness (QED) is 0.544. The highest BCUT2D eigenvalue weighted by atomic mass is 35.5. The van der Waals surface area contributed by atoms with Gasteiger partial charge < -0.3 is 20.3 Å². The number of rotatable bonds is 4. The zero-order valence-corrected chi connectivity index (χ0v) is 22.0. The lowest BCUT2D eigenvalue weighted by Crippen LogP contribution is -2.60. The number of hydrogen-bond donors (Lipinski definition) is 1. The number of piperazine rings is 1. The third-order valence-electron chi connectivity index (χ3n) is 7.34. The number of ether oxygens (including phenoxy) is 1. The van der Waals surface area contributed by atoms with E-state index in [1.54, 1.807) is 21.9 Å². The number of carbonyl (C=O) groups excluding carboxylic acids is 2. The van der Waals surface area contributed by atoms with Crippen LogP contribution in [-0.4, -0.2) is 64.2 Å². The largest absolute Gasteiger partial charge is 0.449 e. The zero-order valence-electron chi connectivity index (χ0n) is 21.2. The SMILES string of the molecule is CCCOC(=O)N1CCN(C(=O)c2ccc3c(Cl)c4c(nc3c2)CC(c2ncccc2C)CC4)[C@H](N)C1. The number of nitrogens with zero attached hydrogens (tertiary/aromatic N) is 4. The van der Waals surface area contributed by atoms with Gasteiger partial charge in [-0.25, -0.2) is 4.79 Å². The molecule has 3 aromatic rings. The van der Waals surface area contributed by atoms with Gasteiger partial charge >= 0.3 is 6.09 Å². The van der Waals surface area contributed by atoms with E-state index in [1.165, 1.54) is 5.56 Å². The molecule has 1 aromatic carbocycles. The molecule has 8 nitrogen and oxygen atoms in total. The van der Waals surface area contributed by atoms with Crippen LogP contribution < -0.4 is 5.73 Å². The van der Waals surface area contributed by atoms with Crippen molar-refractivity contribution in [3.63, 3.8) is 0 Å². The van der Waals surface area contributed by atoms with Crippen molar-refractivity contribution in [3.8, 4) is 0 Å². The minimum atomic E-state index is -0.617. The van der Waals surface area contributed by atoms with Crippen molar-refractivity contribution in [2.24, 2.45) is 5.73 Å². The fraction of sp³-hybridized carbons (Fsp3) is 0.429. The summed E-state index contributed by atoms with van der Waals surface area (Å²) in [6.45, 7) is 5.34. The first-order valence-corrected chi connectivity index (χ1v) is 13.3. The van der Waals surface area contributed by atoms with Crippen molar-refractivity contribution in [3.05, 3.63) is 69.6 Å². The van der Waals surface area contributed by atoms with Crippen molar-refractivity contribution >= 4 is 34.5 Å². The van der Waals surface area contributed by atoms with Crippen LogP contribution in [0.1, 0.15) is 58.6 Å². The first-order chi connectivity index (χ1) is 17.9. The number of pyridine rings is 2. The Morgan fingerprint density at radius 3 is 2.84 bits per heavy atom. The third-order valence-corrected chi connectivity index (χ3v) is 7.77. The molecule has 1 aliphatic carbocycles. The monoisotopic (exact) mass is 521 g/mol. The lowest BCUT2D eigenvalue weighted by atomic mass is 9.83. The minimum absolute atomic E-state index is 0.186. The Morgan fingerprint density at radius 2 is 2.08 bits per heavy atom. The highest BCUT2D eigenvalue weighted by molar-refractivity contribution is 6.36. The van der Waals surface area contributed by atoms with Gasteiger partial charge in [0.25, 0.3) is 5.91 Å². The van der Waals surface area contributed by atoms with Crippen molar-refractivity contribution in [2.75, 3.05) is 26.2 Å². The third kappa shape index (κ3) is 5.00. The summed E-state index contributed by atoms with van der Waals surface area (Å²) in [4.78, 5) is 38.3. The van der Waals surface area contributed by atoms with E-state index in [9.17, 15) is 9.59 Å². The molecular weight excluding hydrogens is 490 g/mol. The molecular formula is C28H32ClN5O3. The number of nitrogens with two attached hydrogens (primary N) is 1. The topological polar surface area (TPSA) is 102 Å². The number of amides is 2. The average molecular weight is 522 g/mol. The van der Waals surface area contributed by atoms with E-state index >= 15 is 0 Å². The lowest BCUT2D eigenvalue weighted by Gasteiger charge is -2.39. The molecule has 1 fully saturated rings. The Morgan fingerprint density at radius 1 is 1.24 bits per heavy atom. The van der Waals surface area contributed by atoms with Crippen molar-refractivity contribution in [1.82, 2.24) is 19.8 Å². The normalized spacial score (nSPS) is 19.6. The summed E-state index contributed by atoms with van der Waals surface area (Å²) in [6.07, 6.45) is 4.18. The fourth-order valence-electron chi connectivity index (χ4n) is 5.35. The number of hydrogen-bond acceptors (Lipinski definition) is 6. The standard InChI is InChI=1S/C28H32ClN5O3/c1-3-13-37-28(36)33-11-12-34(24(30)16-33)27(35)19-7-9-21-23(15-19)32-22-14-18(6-8-20(22)25(21)29)26-17(2)5-4-10-31-26/h4-5,7,9-10,15,18,24H,3,6,8,11-14,16,30H2,1-2H3/t18?,24-/m0/s1. The molecule has 0 bridgehead atoms. The molecule has 0 radical (unpaired) electrons. The molecule has 0 spiro atoms. The molecule has 9 heteroatoms. The Kier molecular flexibility index (Phi) is 7.31. The van der Waals surface area contributed by atoms with Crippen LogP contribution in [0.5, 0.6) is 0 Å². The van der Waals surface area contributed by atoms with Gasteiger partial charge in [-0.1, -0.05) is 30.7 Å². The van der Waals surface area contributed by atoms with Crippen molar-refractivity contribution < 1.29 is 14.3 Å². The van der Waals surface area contributed by atoms with Crippen LogP contribution in [0.2, 0.25) is 5.02 Å². The van der Waals surface area contributed by atoms with Crippen LogP contribution in [0, 0.1) is 6.92 Å². The molecule has 2 amide bonds. The molecule has 1 saturated heterocycles. The number of fused-ring (bicyclic) bond motifs is 2. The fourth-order valence-corrected chi connectivity index (χ4v) is 5.72. The predicted molar refractivity (Wildman–Crippen MR) is 143 cm³/mol. The number of benzene rings is 1. The number of halogens is 1. The summed E-state index contributed by atoms with van der Waals surface area (Å²) in [5.74, 6) is 0.103. The number of carbonyl (C=O) groups is 2. The van der Waals surface area contributed by atoms with Crippen molar-refractivity contribution in [1.29, 1.82) is 0 Å². The smallest absolute Gasteiger partial charge is 0.409 e. The van der Waals surface area contributed by atoms with Gasteiger partial charge in [-0.3, -0.25) is 14.8 Å². The lowest BCUT2D eigenvalue weighted by molar-refractivity contribution is 0.0392. The molecule has 5 rings (SSSR count). The Hall–Kier alpha value is -3.23. The van der Waals surface area contributed by atoms with Gasteiger partial charge in [-0.15, -0.1) is 0 Å². The van der Waals surface area contributed by atoms with Crippen LogP contribution in [0.4, 0.5) is 4.79 Å². The summed E-state index contributed by atoms with van der Waals surface area (Å²) in [7, 11) is 0. The molecule has 2 N–H and O–H groups in total. The molecule has 1 aliphatic heterocycles. The summed E-state index contributed by atoms with van der Waals surface area (Å²) in [6, 6.07) is 9.50. The van der Waals surface area contributed by atoms with Crippen molar-refractivity contribution in [2.45, 2.75) is 51.6 Å². The van der Waals surface area contributed by atoms with E-state index in [4.69, 9.17) is 27.1 Å². The molecule has 194 valence electrons. The van der Waals surface area contributed by atoms with Crippen LogP contribution in [0.15, 0.2) is 36.5 Å². The summed E-state index contributed by atoms with van der Waals surface area (Å²) in [5, 5.41) is 1.56. The van der Waals surface area contributed by atoms with Gasteiger partial charge in [0.05, 0.1) is 29.9 Å². The molecule has 2 aliphatic rings. The second-order valence-electron chi connectivity index (χ2n) is 9.85. The first kappa shape index (κ1) is 25.4. The molecule has 2 atom stereocenters. The van der Waals surface area contributed by atoms with Crippen LogP contribution in [0.3, 0.4) is 0 Å². The van der Waals surface area contributed by atoms with Gasteiger partial charge in [-0.2, -0.15) is 0 Å². The zero-order chi connectivity index (χ0) is 26.1. The highest BCUT2D eigenvalue weighted by Crippen LogP contribution is 2.38. The molecule has 2 aromatic heterocycles. The van der Waals surface area contributed by atoms with E-state index in [-0.39, 0.29) is 18.4 Å². The predicted octanol–water partition coefficient (Wildman–Crippen LogP) is 4.45. The van der Waals surface area contributed by atoms with Gasteiger partial charge in [-0.05, 0) is 61.9 Å². The minimum Gasteiger partial charge on any atom is -0.449 e. The molecule has 1 unspecified atom stereocenters. The molecule has 3 heterocycles. The summed E-state index contributed by atoms with van der Waals surface area (Å²) >= 11 is 6.85. The first-order valence-electron chi connectivity index (χ1n) is 12.9. The molecule has 37 heavy (non-hydrogen) atoms. The summed E-state index contributed by atoms with van der Waals surface area (Å²) < 4.78 is 5.21. The molecule has 0 saturated carbocycles. The van der Waals surface area contributed by atoms with Crippen LogP contribution in [0.25, 0.3) is 10.9 Å². The second kappa shape index (κ2) is 10.6. The maximum Gasteiger partial charge on any atom is 0.409 e.